The number of nitrogens with zero attached hydrogens (tertiary/aromatic N) is 1. The lowest BCUT2D eigenvalue weighted by atomic mass is 10.2. The zero-order valence-corrected chi connectivity index (χ0v) is 12.1. The van der Waals surface area contributed by atoms with E-state index in [1.165, 1.54) is 36.4 Å². The van der Waals surface area contributed by atoms with E-state index >= 15 is 0 Å². The summed E-state index contributed by atoms with van der Waals surface area (Å²) in [5.41, 5.74) is 1.49. The van der Waals surface area contributed by atoms with Gasteiger partial charge in [-0.2, -0.15) is 5.26 Å². The molecule has 6 heteroatoms. The minimum Gasteiger partial charge on any atom is -0.457 e. The predicted molar refractivity (Wildman–Crippen MR) is 80.8 cm³/mol. The fourth-order valence-electron chi connectivity index (χ4n) is 1.78. The lowest BCUT2D eigenvalue weighted by Crippen LogP contribution is -2.10. The molecule has 0 atom stereocenters. The van der Waals surface area contributed by atoms with E-state index in [4.69, 9.17) is 10.00 Å². The van der Waals surface area contributed by atoms with Crippen LogP contribution >= 0.6 is 0 Å². The Bertz CT molecular complexity index is 734. The second-order valence-corrected chi connectivity index (χ2v) is 4.66. The third-order valence-corrected chi connectivity index (χ3v) is 2.93. The highest BCUT2D eigenvalue weighted by Gasteiger charge is 2.08. The van der Waals surface area contributed by atoms with Gasteiger partial charge in [0.2, 0.25) is 5.91 Å². The number of hydrogen-bond donors (Lipinski definition) is 1. The fourth-order valence-corrected chi connectivity index (χ4v) is 1.78. The summed E-state index contributed by atoms with van der Waals surface area (Å²) in [6.07, 6.45) is -0.235. The Labute approximate surface area is 132 Å². The van der Waals surface area contributed by atoms with Gasteiger partial charge < -0.3 is 10.1 Å². The number of amides is 1. The number of benzene rings is 2. The summed E-state index contributed by atoms with van der Waals surface area (Å²) in [5.74, 6) is -1.29. The van der Waals surface area contributed by atoms with E-state index in [9.17, 15) is 14.0 Å². The van der Waals surface area contributed by atoms with E-state index in [1.807, 2.05) is 0 Å². The number of esters is 1. The third kappa shape index (κ3) is 4.93. The number of carbonyl (C=O) groups is 2. The number of nitrogens with one attached hydrogen (secondary N) is 1. The summed E-state index contributed by atoms with van der Waals surface area (Å²) in [6.45, 7) is 0.0414. The average molecular weight is 312 g/mol. The Morgan fingerprint density at radius 1 is 1.09 bits per heavy atom. The molecule has 0 fully saturated rings. The lowest BCUT2D eigenvalue weighted by molar-refractivity contribution is -0.115. The molecule has 0 aliphatic rings. The van der Waals surface area contributed by atoms with Crippen molar-refractivity contribution in [3.05, 3.63) is 65.5 Å². The maximum Gasteiger partial charge on any atom is 0.338 e. The van der Waals surface area contributed by atoms with Gasteiger partial charge >= 0.3 is 5.97 Å². The molecule has 2 rings (SSSR count). The molecule has 2 aromatic rings. The summed E-state index contributed by atoms with van der Waals surface area (Å²) in [6, 6.07) is 13.5. The van der Waals surface area contributed by atoms with Crippen LogP contribution in [0, 0.1) is 17.1 Å². The first-order valence-corrected chi connectivity index (χ1v) is 6.77. The molecule has 0 aliphatic carbocycles. The van der Waals surface area contributed by atoms with Gasteiger partial charge in [0, 0.05) is 5.69 Å². The molecule has 0 saturated carbocycles. The monoisotopic (exact) mass is 312 g/mol. The zero-order valence-electron chi connectivity index (χ0n) is 12.1. The smallest absolute Gasteiger partial charge is 0.338 e. The van der Waals surface area contributed by atoms with Crippen LogP contribution in [0.15, 0.2) is 48.5 Å². The van der Waals surface area contributed by atoms with Crippen molar-refractivity contribution in [2.75, 3.05) is 5.32 Å². The van der Waals surface area contributed by atoms with Crippen molar-refractivity contribution < 1.29 is 18.7 Å². The second kappa shape index (κ2) is 7.71. The van der Waals surface area contributed by atoms with Crippen molar-refractivity contribution in [2.45, 2.75) is 13.0 Å². The maximum absolute atomic E-state index is 12.8. The Balaban J connectivity index is 1.91. The minimum atomic E-state index is -0.524. The quantitative estimate of drug-likeness (QED) is 0.861. The van der Waals surface area contributed by atoms with E-state index < -0.39 is 11.9 Å². The normalized spacial score (nSPS) is 9.74. The van der Waals surface area contributed by atoms with Gasteiger partial charge in [0.25, 0.3) is 0 Å². The standard InChI is InChI=1S/C17H13FN2O3/c18-14-5-1-12(2-6-14)11-23-17(22)13-3-7-15(8-4-13)20-16(21)9-10-19/h1-8H,9,11H2,(H,20,21). The molecule has 0 saturated heterocycles. The summed E-state index contributed by atoms with van der Waals surface area (Å²) in [4.78, 5) is 23.2. The van der Waals surface area contributed by atoms with Crippen LogP contribution in [0.1, 0.15) is 22.3 Å². The zero-order chi connectivity index (χ0) is 16.7. The molecule has 0 aromatic heterocycles. The second-order valence-electron chi connectivity index (χ2n) is 4.66. The molecular weight excluding hydrogens is 299 g/mol. The van der Waals surface area contributed by atoms with Crippen LogP contribution < -0.4 is 5.32 Å². The highest BCUT2D eigenvalue weighted by molar-refractivity contribution is 5.93. The van der Waals surface area contributed by atoms with Crippen LogP contribution in [0.3, 0.4) is 0 Å². The van der Waals surface area contributed by atoms with Crippen molar-refractivity contribution in [1.82, 2.24) is 0 Å². The van der Waals surface area contributed by atoms with Crippen molar-refractivity contribution in [2.24, 2.45) is 0 Å². The van der Waals surface area contributed by atoms with Crippen molar-refractivity contribution in [3.8, 4) is 6.07 Å². The van der Waals surface area contributed by atoms with E-state index in [0.29, 0.717) is 16.8 Å². The van der Waals surface area contributed by atoms with Gasteiger partial charge in [0.1, 0.15) is 18.8 Å². The molecule has 1 N–H and O–H groups in total. The van der Waals surface area contributed by atoms with E-state index in [2.05, 4.69) is 5.32 Å². The first-order valence-electron chi connectivity index (χ1n) is 6.77. The molecule has 23 heavy (non-hydrogen) atoms. The number of rotatable bonds is 5. The number of anilines is 1. The topological polar surface area (TPSA) is 79.2 Å². The van der Waals surface area contributed by atoms with Crippen molar-refractivity contribution in [1.29, 1.82) is 5.26 Å². The molecule has 0 aliphatic heterocycles. The summed E-state index contributed by atoms with van der Waals surface area (Å²) >= 11 is 0. The van der Waals surface area contributed by atoms with Crippen LogP contribution in [-0.4, -0.2) is 11.9 Å². The fraction of sp³-hybridized carbons (Fsp3) is 0.118. The van der Waals surface area contributed by atoms with Gasteiger partial charge in [0.15, 0.2) is 0 Å². The van der Waals surface area contributed by atoms with Gasteiger partial charge in [0.05, 0.1) is 11.6 Å². The summed E-state index contributed by atoms with van der Waals surface area (Å²) in [5, 5.41) is 10.9. The largest absolute Gasteiger partial charge is 0.457 e. The summed E-state index contributed by atoms with van der Waals surface area (Å²) in [7, 11) is 0. The molecule has 0 radical (unpaired) electrons. The highest BCUT2D eigenvalue weighted by Crippen LogP contribution is 2.12. The number of ether oxygens (including phenoxy) is 1. The maximum atomic E-state index is 12.8. The predicted octanol–water partition coefficient (Wildman–Crippen LogP) is 3.03. The van der Waals surface area contributed by atoms with Gasteiger partial charge in [-0.15, -0.1) is 0 Å². The van der Waals surface area contributed by atoms with Gasteiger partial charge in [-0.3, -0.25) is 4.79 Å². The number of nitriles is 1. The van der Waals surface area contributed by atoms with Gasteiger partial charge in [-0.1, -0.05) is 12.1 Å². The Morgan fingerprint density at radius 2 is 1.74 bits per heavy atom. The van der Waals surface area contributed by atoms with Crippen LogP contribution in [0.4, 0.5) is 10.1 Å². The Kier molecular flexibility index (Phi) is 5.42. The van der Waals surface area contributed by atoms with E-state index in [1.54, 1.807) is 18.2 Å². The molecule has 5 nitrogen and oxygen atoms in total. The van der Waals surface area contributed by atoms with Crippen LogP contribution in [0.2, 0.25) is 0 Å². The SMILES string of the molecule is N#CCC(=O)Nc1ccc(C(=O)OCc2ccc(F)cc2)cc1. The van der Waals surface area contributed by atoms with Crippen molar-refractivity contribution >= 4 is 17.6 Å². The molecule has 0 bridgehead atoms. The molecule has 0 spiro atoms. The molecular formula is C17H13FN2O3. The van der Waals surface area contributed by atoms with E-state index in [-0.39, 0.29) is 18.8 Å². The molecule has 116 valence electrons. The Morgan fingerprint density at radius 3 is 2.35 bits per heavy atom. The van der Waals surface area contributed by atoms with Crippen LogP contribution in [-0.2, 0) is 16.1 Å². The molecule has 1 amide bonds. The van der Waals surface area contributed by atoms with Gasteiger partial charge in [-0.05, 0) is 42.0 Å². The first kappa shape index (κ1) is 16.2. The third-order valence-electron chi connectivity index (χ3n) is 2.93. The van der Waals surface area contributed by atoms with Crippen molar-refractivity contribution in [3.63, 3.8) is 0 Å². The average Bonchev–Trinajstić information content (AvgIpc) is 2.55. The molecule has 0 heterocycles. The highest BCUT2D eigenvalue weighted by atomic mass is 19.1. The Hall–Kier alpha value is -3.20. The minimum absolute atomic E-state index is 0.0414. The number of hydrogen-bond acceptors (Lipinski definition) is 4. The molecule has 0 unspecified atom stereocenters. The molecule has 2 aromatic carbocycles. The summed E-state index contributed by atoms with van der Waals surface area (Å²) < 4.78 is 17.9. The number of halogens is 1. The van der Waals surface area contributed by atoms with Crippen LogP contribution in [0.5, 0.6) is 0 Å². The van der Waals surface area contributed by atoms with Crippen LogP contribution in [0.25, 0.3) is 0 Å². The lowest BCUT2D eigenvalue weighted by Gasteiger charge is -2.06. The van der Waals surface area contributed by atoms with E-state index in [0.717, 1.165) is 0 Å². The van der Waals surface area contributed by atoms with Gasteiger partial charge in [-0.25, -0.2) is 9.18 Å². The number of carbonyl (C=O) groups excluding carboxylic acids is 2. The first-order chi connectivity index (χ1) is 11.1.